The summed E-state index contributed by atoms with van der Waals surface area (Å²) in [5.74, 6) is -1.39. The summed E-state index contributed by atoms with van der Waals surface area (Å²) in [6, 6.07) is 30.9. The molecule has 0 aromatic heterocycles. The summed E-state index contributed by atoms with van der Waals surface area (Å²) in [6.45, 7) is 2.50. The van der Waals surface area contributed by atoms with Gasteiger partial charge in [-0.25, -0.2) is 0 Å². The Morgan fingerprint density at radius 1 is 0.810 bits per heavy atom. The first-order valence-corrected chi connectivity index (χ1v) is 14.5. The van der Waals surface area contributed by atoms with Crippen LogP contribution in [0.1, 0.15) is 68.3 Å². The van der Waals surface area contributed by atoms with Crippen molar-refractivity contribution in [1.82, 2.24) is 10.2 Å². The Hall–Kier alpha value is -4.71. The number of carboxylic acids is 1. The van der Waals surface area contributed by atoms with Crippen LogP contribution in [-0.4, -0.2) is 40.9 Å². The summed E-state index contributed by atoms with van der Waals surface area (Å²) in [4.78, 5) is 40.8. The molecule has 0 saturated heterocycles. The van der Waals surface area contributed by atoms with Crippen LogP contribution >= 0.6 is 0 Å². The summed E-state index contributed by atoms with van der Waals surface area (Å²) in [7, 11) is 0. The molecule has 5 rings (SSSR count). The fourth-order valence-electron chi connectivity index (χ4n) is 5.69. The van der Waals surface area contributed by atoms with Crippen LogP contribution in [0.4, 0.5) is 0 Å². The molecule has 6 nitrogen and oxygen atoms in total. The van der Waals surface area contributed by atoms with E-state index in [9.17, 15) is 19.5 Å². The van der Waals surface area contributed by atoms with Crippen LogP contribution in [0.2, 0.25) is 0 Å². The van der Waals surface area contributed by atoms with Crippen molar-refractivity contribution in [1.29, 1.82) is 0 Å². The maximum absolute atomic E-state index is 14.0. The van der Waals surface area contributed by atoms with Crippen molar-refractivity contribution in [2.24, 2.45) is 0 Å². The minimum atomic E-state index is -0.956. The lowest BCUT2D eigenvalue weighted by molar-refractivity contribution is -0.137. The maximum atomic E-state index is 14.0. The van der Waals surface area contributed by atoms with Crippen molar-refractivity contribution < 1.29 is 19.5 Å². The Labute approximate surface area is 247 Å². The number of carboxylic acid groups (broad SMARTS) is 1. The van der Waals surface area contributed by atoms with Crippen LogP contribution in [0.15, 0.2) is 97.1 Å². The number of benzene rings is 4. The molecule has 6 heteroatoms. The number of amides is 2. The summed E-state index contributed by atoms with van der Waals surface area (Å²) >= 11 is 0. The van der Waals surface area contributed by atoms with E-state index < -0.39 is 5.97 Å². The molecule has 42 heavy (non-hydrogen) atoms. The number of aryl methyl sites for hydroxylation is 2. The van der Waals surface area contributed by atoms with Crippen LogP contribution in [0, 0.1) is 6.92 Å². The smallest absolute Gasteiger partial charge is 0.305 e. The second kappa shape index (κ2) is 13.3. The minimum Gasteiger partial charge on any atom is -0.481 e. The van der Waals surface area contributed by atoms with Gasteiger partial charge in [0, 0.05) is 24.2 Å². The zero-order valence-corrected chi connectivity index (χ0v) is 23.9. The number of nitrogens with zero attached hydrogens (tertiary/aromatic N) is 1. The molecule has 0 radical (unpaired) electrons. The third-order valence-corrected chi connectivity index (χ3v) is 7.97. The number of fused-ring (bicyclic) bond motifs is 1. The van der Waals surface area contributed by atoms with Crippen LogP contribution in [0.5, 0.6) is 0 Å². The molecule has 0 saturated carbocycles. The first-order chi connectivity index (χ1) is 20.4. The van der Waals surface area contributed by atoms with E-state index in [2.05, 4.69) is 17.4 Å². The first-order valence-electron chi connectivity index (χ1n) is 14.5. The molecular formula is C36H36N2O4. The van der Waals surface area contributed by atoms with Gasteiger partial charge in [0.05, 0.1) is 12.5 Å². The largest absolute Gasteiger partial charge is 0.481 e. The number of carbonyl (C=O) groups excluding carboxylic acids is 2. The molecule has 0 fully saturated rings. The molecule has 0 bridgehead atoms. The van der Waals surface area contributed by atoms with E-state index >= 15 is 0 Å². The molecule has 0 heterocycles. The van der Waals surface area contributed by atoms with E-state index in [0.29, 0.717) is 35.2 Å². The molecule has 0 aliphatic heterocycles. The van der Waals surface area contributed by atoms with E-state index in [1.807, 2.05) is 73.7 Å². The lowest BCUT2D eigenvalue weighted by Crippen LogP contribution is -2.35. The third-order valence-electron chi connectivity index (χ3n) is 7.97. The molecule has 2 amide bonds. The Morgan fingerprint density at radius 2 is 1.45 bits per heavy atom. The summed E-state index contributed by atoms with van der Waals surface area (Å²) < 4.78 is 0. The van der Waals surface area contributed by atoms with Crippen molar-refractivity contribution in [2.75, 3.05) is 13.1 Å². The van der Waals surface area contributed by atoms with Crippen molar-refractivity contribution in [2.45, 2.75) is 45.1 Å². The van der Waals surface area contributed by atoms with Crippen LogP contribution in [0.3, 0.4) is 0 Å². The van der Waals surface area contributed by atoms with Gasteiger partial charge < -0.3 is 15.3 Å². The molecule has 2 N–H and O–H groups in total. The molecule has 214 valence electrons. The number of aliphatic carboxylic acids is 1. The van der Waals surface area contributed by atoms with Gasteiger partial charge in [-0.2, -0.15) is 0 Å². The zero-order chi connectivity index (χ0) is 29.5. The highest BCUT2D eigenvalue weighted by atomic mass is 16.4. The number of rotatable bonds is 10. The first kappa shape index (κ1) is 28.8. The summed E-state index contributed by atoms with van der Waals surface area (Å²) in [6.07, 6.45) is 3.35. The molecule has 4 aromatic rings. The number of nitrogens with one attached hydrogen (secondary N) is 1. The minimum absolute atomic E-state index is 0.0688. The van der Waals surface area contributed by atoms with E-state index in [4.69, 9.17) is 0 Å². The zero-order valence-electron chi connectivity index (χ0n) is 23.9. The summed E-state index contributed by atoms with van der Waals surface area (Å²) in [5, 5.41) is 12.6. The van der Waals surface area contributed by atoms with Gasteiger partial charge in [0.2, 0.25) is 0 Å². The molecule has 0 spiro atoms. The molecule has 1 unspecified atom stereocenters. The van der Waals surface area contributed by atoms with Crippen molar-refractivity contribution in [3.63, 3.8) is 0 Å². The van der Waals surface area contributed by atoms with Gasteiger partial charge in [0.15, 0.2) is 0 Å². The van der Waals surface area contributed by atoms with Gasteiger partial charge in [-0.3, -0.25) is 14.4 Å². The fraction of sp³-hybridized carbons (Fsp3) is 0.250. The van der Waals surface area contributed by atoms with Crippen molar-refractivity contribution in [3.05, 3.63) is 130 Å². The van der Waals surface area contributed by atoms with Crippen molar-refractivity contribution >= 4 is 17.8 Å². The van der Waals surface area contributed by atoms with Gasteiger partial charge in [0.1, 0.15) is 0 Å². The normalized spacial score (nSPS) is 14.1. The molecular weight excluding hydrogens is 524 g/mol. The van der Waals surface area contributed by atoms with Gasteiger partial charge in [0.25, 0.3) is 11.8 Å². The molecule has 1 atom stereocenters. The predicted octanol–water partition coefficient (Wildman–Crippen LogP) is 6.63. The Morgan fingerprint density at radius 3 is 2.19 bits per heavy atom. The predicted molar refractivity (Wildman–Crippen MR) is 165 cm³/mol. The lowest BCUT2D eigenvalue weighted by Gasteiger charge is -2.27. The van der Waals surface area contributed by atoms with E-state index in [1.54, 1.807) is 23.1 Å². The number of carbonyl (C=O) groups is 3. The van der Waals surface area contributed by atoms with Gasteiger partial charge >= 0.3 is 5.97 Å². The van der Waals surface area contributed by atoms with E-state index in [0.717, 1.165) is 36.0 Å². The Kier molecular flexibility index (Phi) is 9.12. The van der Waals surface area contributed by atoms with E-state index in [-0.39, 0.29) is 30.8 Å². The quantitative estimate of drug-likeness (QED) is 0.228. The number of hydrogen-bond donors (Lipinski definition) is 2. The van der Waals surface area contributed by atoms with Crippen LogP contribution in [0.25, 0.3) is 11.1 Å². The fourth-order valence-corrected chi connectivity index (χ4v) is 5.69. The summed E-state index contributed by atoms with van der Waals surface area (Å²) in [5.41, 5.74) is 6.91. The SMILES string of the molecule is Cc1ccc(CCN(CCC(=O)O)C(=O)c2ccccc2-c2ccccc2C(=O)NC2CCCc3ccccc32)cc1. The second-order valence-corrected chi connectivity index (χ2v) is 10.9. The van der Waals surface area contributed by atoms with Crippen LogP contribution in [-0.2, 0) is 17.6 Å². The van der Waals surface area contributed by atoms with Gasteiger partial charge in [-0.05, 0) is 72.6 Å². The monoisotopic (exact) mass is 560 g/mol. The third kappa shape index (κ3) is 6.77. The Bertz CT molecular complexity index is 1580. The van der Waals surface area contributed by atoms with Gasteiger partial charge in [-0.15, -0.1) is 0 Å². The van der Waals surface area contributed by atoms with Crippen molar-refractivity contribution in [3.8, 4) is 11.1 Å². The molecule has 4 aromatic carbocycles. The Balaban J connectivity index is 1.42. The average Bonchev–Trinajstić information content (AvgIpc) is 3.01. The molecule has 1 aliphatic carbocycles. The highest BCUT2D eigenvalue weighted by Crippen LogP contribution is 2.32. The topological polar surface area (TPSA) is 86.7 Å². The number of hydrogen-bond acceptors (Lipinski definition) is 3. The lowest BCUT2D eigenvalue weighted by atomic mass is 9.87. The standard InChI is InChI=1S/C36H36N2O4/c1-25-17-19-26(20-18-25)21-23-38(24-22-34(39)40)36(42)32-15-7-5-13-30(32)29-12-4-6-14-31(29)35(41)37-33-16-8-10-27-9-2-3-11-28(27)33/h2-7,9,11-15,17-20,33H,8,10,16,21-24H2,1H3,(H,37,41)(H,39,40). The average molecular weight is 561 g/mol. The van der Waals surface area contributed by atoms with Gasteiger partial charge in [-0.1, -0.05) is 90.5 Å². The highest BCUT2D eigenvalue weighted by Gasteiger charge is 2.25. The maximum Gasteiger partial charge on any atom is 0.305 e. The second-order valence-electron chi connectivity index (χ2n) is 10.9. The highest BCUT2D eigenvalue weighted by molar-refractivity contribution is 6.06. The van der Waals surface area contributed by atoms with E-state index in [1.165, 1.54) is 5.56 Å². The molecule has 1 aliphatic rings. The van der Waals surface area contributed by atoms with Crippen LogP contribution < -0.4 is 5.32 Å².